The predicted molar refractivity (Wildman–Crippen MR) is 130 cm³/mol. The molecule has 2 aliphatic rings. The number of amides is 3. The zero-order valence-corrected chi connectivity index (χ0v) is 19.6. The number of aryl methyl sites for hydroxylation is 2. The maximum atomic E-state index is 12.8. The number of benzene rings is 2. The zero-order valence-electron chi connectivity index (χ0n) is 18.0. The highest BCUT2D eigenvalue weighted by Crippen LogP contribution is 2.33. The second-order valence-electron chi connectivity index (χ2n) is 8.02. The Balaban J connectivity index is 1.44. The van der Waals surface area contributed by atoms with Gasteiger partial charge in [0.05, 0.1) is 4.91 Å². The molecule has 32 heavy (non-hydrogen) atoms. The summed E-state index contributed by atoms with van der Waals surface area (Å²) in [6.07, 6.45) is 4.14. The summed E-state index contributed by atoms with van der Waals surface area (Å²) >= 11 is 6.94. The van der Waals surface area contributed by atoms with Gasteiger partial charge in [-0.05, 0) is 85.5 Å². The summed E-state index contributed by atoms with van der Waals surface area (Å²) in [5.74, 6) is -0.917. The number of halogens is 1. The number of nitrogens with one attached hydrogen (secondary N) is 1. The highest BCUT2D eigenvalue weighted by Gasteiger charge is 2.36. The standard InChI is InChI=1S/C24H24ClN3O3S/c1-15-5-7-18(13-20(15)25)26-22(29)14-28-23(30)21(32-24(28)31)12-17-6-8-19(11-16(17)2)27-9-3-4-10-27/h5-8,11-13H,3-4,9-10,14H2,1-2H3,(H,26,29)/b21-12+. The van der Waals surface area contributed by atoms with Crippen LogP contribution in [0.1, 0.15) is 29.5 Å². The summed E-state index contributed by atoms with van der Waals surface area (Å²) in [4.78, 5) is 41.2. The fourth-order valence-electron chi connectivity index (χ4n) is 3.79. The van der Waals surface area contributed by atoms with Crippen LogP contribution in [0.4, 0.5) is 16.2 Å². The van der Waals surface area contributed by atoms with Gasteiger partial charge in [-0.1, -0.05) is 23.7 Å². The maximum absolute atomic E-state index is 12.8. The molecule has 2 fully saturated rings. The minimum atomic E-state index is -0.459. The molecule has 1 N–H and O–H groups in total. The number of rotatable bonds is 5. The first-order valence-electron chi connectivity index (χ1n) is 10.5. The molecule has 0 unspecified atom stereocenters. The van der Waals surface area contributed by atoms with Crippen LogP contribution in [0.3, 0.4) is 0 Å². The molecule has 2 heterocycles. The van der Waals surface area contributed by atoms with E-state index >= 15 is 0 Å². The number of thioether (sulfide) groups is 1. The van der Waals surface area contributed by atoms with Gasteiger partial charge in [-0.25, -0.2) is 0 Å². The SMILES string of the molecule is Cc1ccc(NC(=O)CN2C(=O)S/C(=C/c3ccc(N4CCCC4)cc3C)C2=O)cc1Cl. The molecule has 0 radical (unpaired) electrons. The van der Waals surface area contributed by atoms with E-state index in [1.54, 1.807) is 24.3 Å². The quantitative estimate of drug-likeness (QED) is 0.607. The van der Waals surface area contributed by atoms with Crippen molar-refractivity contribution in [3.63, 3.8) is 0 Å². The summed E-state index contributed by atoms with van der Waals surface area (Å²) < 4.78 is 0. The Bertz CT molecular complexity index is 1130. The maximum Gasteiger partial charge on any atom is 0.294 e. The Kier molecular flexibility index (Phi) is 6.58. The van der Waals surface area contributed by atoms with Gasteiger partial charge in [0, 0.05) is 29.5 Å². The third-order valence-electron chi connectivity index (χ3n) is 5.64. The van der Waals surface area contributed by atoms with E-state index in [1.165, 1.54) is 18.5 Å². The minimum Gasteiger partial charge on any atom is -0.372 e. The largest absolute Gasteiger partial charge is 0.372 e. The van der Waals surface area contributed by atoms with Crippen molar-refractivity contribution in [3.05, 3.63) is 63.0 Å². The van der Waals surface area contributed by atoms with E-state index in [-0.39, 0.29) is 6.54 Å². The molecular weight excluding hydrogens is 446 g/mol. The molecule has 2 aromatic rings. The molecule has 4 rings (SSSR count). The fraction of sp³-hybridized carbons (Fsp3) is 0.292. The molecule has 0 aromatic heterocycles. The number of carbonyl (C=O) groups excluding carboxylic acids is 3. The average Bonchev–Trinajstić information content (AvgIpc) is 3.37. The van der Waals surface area contributed by atoms with Gasteiger partial charge < -0.3 is 10.2 Å². The van der Waals surface area contributed by atoms with Gasteiger partial charge in [-0.3, -0.25) is 19.3 Å². The number of anilines is 2. The Morgan fingerprint density at radius 1 is 1.09 bits per heavy atom. The first-order valence-corrected chi connectivity index (χ1v) is 11.7. The lowest BCUT2D eigenvalue weighted by Gasteiger charge is -2.18. The number of imide groups is 1. The Hall–Kier alpha value is -2.77. The lowest BCUT2D eigenvalue weighted by atomic mass is 10.1. The van der Waals surface area contributed by atoms with E-state index < -0.39 is 17.1 Å². The van der Waals surface area contributed by atoms with Crippen molar-refractivity contribution in [2.24, 2.45) is 0 Å². The highest BCUT2D eigenvalue weighted by atomic mass is 35.5. The van der Waals surface area contributed by atoms with E-state index in [9.17, 15) is 14.4 Å². The van der Waals surface area contributed by atoms with Crippen LogP contribution in [0.25, 0.3) is 6.08 Å². The topological polar surface area (TPSA) is 69.7 Å². The third-order valence-corrected chi connectivity index (χ3v) is 6.96. The van der Waals surface area contributed by atoms with Crippen LogP contribution >= 0.6 is 23.4 Å². The summed E-state index contributed by atoms with van der Waals surface area (Å²) in [6.45, 7) is 5.64. The Morgan fingerprint density at radius 2 is 1.84 bits per heavy atom. The van der Waals surface area contributed by atoms with E-state index in [0.717, 1.165) is 46.4 Å². The summed E-state index contributed by atoms with van der Waals surface area (Å²) in [5.41, 5.74) is 4.51. The van der Waals surface area contributed by atoms with Gasteiger partial charge in [0.25, 0.3) is 11.1 Å². The molecule has 2 saturated heterocycles. The minimum absolute atomic E-state index is 0.318. The predicted octanol–water partition coefficient (Wildman–Crippen LogP) is 5.23. The number of nitrogens with zero attached hydrogens (tertiary/aromatic N) is 2. The molecule has 2 aliphatic heterocycles. The Morgan fingerprint density at radius 3 is 2.53 bits per heavy atom. The normalized spacial score (nSPS) is 17.5. The van der Waals surface area contributed by atoms with E-state index in [2.05, 4.69) is 22.3 Å². The van der Waals surface area contributed by atoms with Gasteiger partial charge in [-0.2, -0.15) is 0 Å². The molecule has 3 amide bonds. The first kappa shape index (κ1) is 22.4. The van der Waals surface area contributed by atoms with Crippen LogP contribution in [0.5, 0.6) is 0 Å². The molecule has 166 valence electrons. The first-order chi connectivity index (χ1) is 15.3. The molecule has 0 spiro atoms. The molecule has 0 aliphatic carbocycles. The number of carbonyl (C=O) groups is 3. The molecule has 8 heteroatoms. The summed E-state index contributed by atoms with van der Waals surface area (Å²) in [5, 5.41) is 2.76. The van der Waals surface area contributed by atoms with Crippen molar-refractivity contribution >= 4 is 57.9 Å². The lowest BCUT2D eigenvalue weighted by molar-refractivity contribution is -0.127. The van der Waals surface area contributed by atoms with Crippen molar-refractivity contribution < 1.29 is 14.4 Å². The fourth-order valence-corrected chi connectivity index (χ4v) is 4.80. The van der Waals surface area contributed by atoms with Crippen molar-refractivity contribution in [2.45, 2.75) is 26.7 Å². The van der Waals surface area contributed by atoms with Crippen LogP contribution < -0.4 is 10.2 Å². The van der Waals surface area contributed by atoms with Crippen LogP contribution in [0.2, 0.25) is 5.02 Å². The van der Waals surface area contributed by atoms with E-state index in [4.69, 9.17) is 11.6 Å². The van der Waals surface area contributed by atoms with Gasteiger partial charge in [0.15, 0.2) is 0 Å². The van der Waals surface area contributed by atoms with Crippen molar-refractivity contribution in [3.8, 4) is 0 Å². The summed E-state index contributed by atoms with van der Waals surface area (Å²) in [6, 6.07) is 11.3. The van der Waals surface area contributed by atoms with Gasteiger partial charge >= 0.3 is 0 Å². The van der Waals surface area contributed by atoms with Crippen molar-refractivity contribution in [1.29, 1.82) is 0 Å². The zero-order chi connectivity index (χ0) is 22.8. The summed E-state index contributed by atoms with van der Waals surface area (Å²) in [7, 11) is 0. The van der Waals surface area contributed by atoms with Crippen molar-refractivity contribution in [1.82, 2.24) is 4.90 Å². The Labute approximate surface area is 196 Å². The monoisotopic (exact) mass is 469 g/mol. The average molecular weight is 470 g/mol. The number of hydrogen-bond donors (Lipinski definition) is 1. The molecule has 0 atom stereocenters. The van der Waals surface area contributed by atoms with Crippen LogP contribution in [0, 0.1) is 13.8 Å². The molecule has 6 nitrogen and oxygen atoms in total. The van der Waals surface area contributed by atoms with Crippen LogP contribution in [-0.4, -0.2) is 41.6 Å². The van der Waals surface area contributed by atoms with Crippen molar-refractivity contribution in [2.75, 3.05) is 29.9 Å². The third kappa shape index (κ3) is 4.84. The van der Waals surface area contributed by atoms with Gasteiger partial charge in [0.2, 0.25) is 5.91 Å². The van der Waals surface area contributed by atoms with E-state index in [0.29, 0.717) is 15.6 Å². The smallest absolute Gasteiger partial charge is 0.294 e. The van der Waals surface area contributed by atoms with Gasteiger partial charge in [-0.15, -0.1) is 0 Å². The lowest BCUT2D eigenvalue weighted by Crippen LogP contribution is -2.36. The van der Waals surface area contributed by atoms with Crippen LogP contribution in [0.15, 0.2) is 41.3 Å². The molecular formula is C24H24ClN3O3S. The van der Waals surface area contributed by atoms with E-state index in [1.807, 2.05) is 19.9 Å². The van der Waals surface area contributed by atoms with Crippen LogP contribution in [-0.2, 0) is 9.59 Å². The molecule has 0 bridgehead atoms. The molecule has 0 saturated carbocycles. The van der Waals surface area contributed by atoms with Gasteiger partial charge in [0.1, 0.15) is 6.54 Å². The second-order valence-corrected chi connectivity index (χ2v) is 9.42. The molecule has 2 aromatic carbocycles. The second kappa shape index (κ2) is 9.38. The number of hydrogen-bond acceptors (Lipinski definition) is 5. The highest BCUT2D eigenvalue weighted by molar-refractivity contribution is 8.18.